The maximum atomic E-state index is 3.57. The van der Waals surface area contributed by atoms with E-state index in [0.717, 1.165) is 18.5 Å². The van der Waals surface area contributed by atoms with Crippen LogP contribution in [-0.2, 0) is 0 Å². The molecule has 1 aliphatic carbocycles. The first kappa shape index (κ1) is 16.0. The van der Waals surface area contributed by atoms with Gasteiger partial charge in [-0.1, -0.05) is 46.5 Å². The van der Waals surface area contributed by atoms with Crippen molar-refractivity contribution in [2.45, 2.75) is 84.3 Å². The lowest BCUT2D eigenvalue weighted by atomic mass is 9.98. The zero-order valence-electron chi connectivity index (χ0n) is 13.2. The lowest BCUT2D eigenvalue weighted by Gasteiger charge is -2.36. The molecule has 2 unspecified atom stereocenters. The molecular weight excluding hydrogens is 220 g/mol. The van der Waals surface area contributed by atoms with E-state index >= 15 is 0 Å². The molecule has 0 aromatic carbocycles. The summed E-state index contributed by atoms with van der Waals surface area (Å²) in [4.78, 5) is 2.65. The molecule has 0 saturated heterocycles. The predicted molar refractivity (Wildman–Crippen MR) is 81.0 cm³/mol. The molecule has 0 bridgehead atoms. The van der Waals surface area contributed by atoms with Gasteiger partial charge in [-0.15, -0.1) is 0 Å². The Balaban J connectivity index is 2.40. The minimum atomic E-state index is 0.600. The Morgan fingerprint density at radius 1 is 1.00 bits per heavy atom. The molecule has 1 rings (SSSR count). The van der Waals surface area contributed by atoms with E-state index in [1.807, 2.05) is 0 Å². The van der Waals surface area contributed by atoms with Crippen molar-refractivity contribution in [2.24, 2.45) is 5.92 Å². The molecule has 0 heterocycles. The molecule has 2 nitrogen and oxygen atoms in total. The quantitative estimate of drug-likeness (QED) is 0.728. The van der Waals surface area contributed by atoms with Gasteiger partial charge in [0.05, 0.1) is 0 Å². The number of rotatable bonds is 6. The molecule has 1 N–H and O–H groups in total. The molecule has 108 valence electrons. The van der Waals surface area contributed by atoms with Gasteiger partial charge in [-0.3, -0.25) is 0 Å². The lowest BCUT2D eigenvalue weighted by Crippen LogP contribution is -2.45. The van der Waals surface area contributed by atoms with Gasteiger partial charge in [0.2, 0.25) is 0 Å². The molecule has 1 saturated carbocycles. The van der Waals surface area contributed by atoms with E-state index in [-0.39, 0.29) is 0 Å². The Hall–Kier alpha value is -0.0800. The monoisotopic (exact) mass is 254 g/mol. The number of hydrogen-bond donors (Lipinski definition) is 1. The Kier molecular flexibility index (Phi) is 7.25. The van der Waals surface area contributed by atoms with Gasteiger partial charge in [-0.25, -0.2) is 0 Å². The summed E-state index contributed by atoms with van der Waals surface area (Å²) < 4.78 is 0. The molecule has 0 aromatic heterocycles. The highest BCUT2D eigenvalue weighted by Gasteiger charge is 2.24. The number of hydrogen-bond acceptors (Lipinski definition) is 2. The Bertz CT molecular complexity index is 207. The van der Waals surface area contributed by atoms with Crippen molar-refractivity contribution in [2.75, 3.05) is 13.6 Å². The molecule has 2 atom stereocenters. The fourth-order valence-corrected chi connectivity index (χ4v) is 2.99. The zero-order chi connectivity index (χ0) is 13.5. The third-order valence-corrected chi connectivity index (χ3v) is 4.71. The fourth-order valence-electron chi connectivity index (χ4n) is 2.99. The van der Waals surface area contributed by atoms with Gasteiger partial charge < -0.3 is 10.2 Å². The van der Waals surface area contributed by atoms with Crippen molar-refractivity contribution >= 4 is 0 Å². The van der Waals surface area contributed by atoms with Gasteiger partial charge in [-0.05, 0) is 39.3 Å². The zero-order valence-corrected chi connectivity index (χ0v) is 13.2. The first-order valence-electron chi connectivity index (χ1n) is 7.97. The number of nitrogens with zero attached hydrogens (tertiary/aromatic N) is 1. The average Bonchev–Trinajstić information content (AvgIpc) is 2.62. The van der Waals surface area contributed by atoms with Crippen LogP contribution in [0.25, 0.3) is 0 Å². The van der Waals surface area contributed by atoms with E-state index < -0.39 is 0 Å². The predicted octanol–water partition coefficient (Wildman–Crippen LogP) is 3.66. The van der Waals surface area contributed by atoms with E-state index in [1.165, 1.54) is 38.5 Å². The highest BCUT2D eigenvalue weighted by molar-refractivity contribution is 4.80. The molecule has 1 aliphatic rings. The van der Waals surface area contributed by atoms with Crippen LogP contribution >= 0.6 is 0 Å². The van der Waals surface area contributed by atoms with E-state index in [9.17, 15) is 0 Å². The Morgan fingerprint density at radius 3 is 2.06 bits per heavy atom. The van der Waals surface area contributed by atoms with Crippen LogP contribution < -0.4 is 5.32 Å². The molecule has 2 heteroatoms. The van der Waals surface area contributed by atoms with Crippen LogP contribution in [0, 0.1) is 5.92 Å². The smallest absolute Gasteiger partial charge is 0.0105 e. The van der Waals surface area contributed by atoms with Gasteiger partial charge in [-0.2, -0.15) is 0 Å². The van der Waals surface area contributed by atoms with Crippen molar-refractivity contribution in [1.82, 2.24) is 10.2 Å². The van der Waals surface area contributed by atoms with Crippen LogP contribution in [0.3, 0.4) is 0 Å². The Labute approximate surface area is 115 Å². The molecule has 0 aliphatic heterocycles. The first-order valence-corrected chi connectivity index (χ1v) is 7.97. The summed E-state index contributed by atoms with van der Waals surface area (Å²) in [6.07, 6.45) is 8.57. The van der Waals surface area contributed by atoms with Gasteiger partial charge in [0.15, 0.2) is 0 Å². The summed E-state index contributed by atoms with van der Waals surface area (Å²) in [6, 6.07) is 2.10. The molecule has 18 heavy (non-hydrogen) atoms. The van der Waals surface area contributed by atoms with Crippen LogP contribution in [0.2, 0.25) is 0 Å². The third kappa shape index (κ3) is 5.27. The minimum absolute atomic E-state index is 0.600. The largest absolute Gasteiger partial charge is 0.314 e. The van der Waals surface area contributed by atoms with Crippen LogP contribution in [0.4, 0.5) is 0 Å². The summed E-state index contributed by atoms with van der Waals surface area (Å²) in [6.45, 7) is 10.4. The third-order valence-electron chi connectivity index (χ3n) is 4.71. The maximum absolute atomic E-state index is 3.57. The summed E-state index contributed by atoms with van der Waals surface area (Å²) in [5.41, 5.74) is 0. The highest BCUT2D eigenvalue weighted by atomic mass is 15.2. The summed E-state index contributed by atoms with van der Waals surface area (Å²) in [7, 11) is 2.34. The van der Waals surface area contributed by atoms with Gasteiger partial charge >= 0.3 is 0 Å². The van der Waals surface area contributed by atoms with Crippen molar-refractivity contribution in [1.29, 1.82) is 0 Å². The molecule has 0 radical (unpaired) electrons. The fraction of sp³-hybridized carbons (Fsp3) is 1.00. The summed E-state index contributed by atoms with van der Waals surface area (Å²) >= 11 is 0. The van der Waals surface area contributed by atoms with Crippen molar-refractivity contribution in [3.63, 3.8) is 0 Å². The van der Waals surface area contributed by atoms with Crippen LogP contribution in [0.15, 0.2) is 0 Å². The minimum Gasteiger partial charge on any atom is -0.314 e. The normalized spacial score (nSPS) is 22.2. The van der Waals surface area contributed by atoms with E-state index in [4.69, 9.17) is 0 Å². The van der Waals surface area contributed by atoms with Gasteiger partial charge in [0.25, 0.3) is 0 Å². The van der Waals surface area contributed by atoms with E-state index in [1.54, 1.807) is 0 Å². The van der Waals surface area contributed by atoms with Gasteiger partial charge in [0.1, 0.15) is 0 Å². The van der Waals surface area contributed by atoms with Crippen LogP contribution in [0.1, 0.15) is 66.2 Å². The second kappa shape index (κ2) is 8.16. The van der Waals surface area contributed by atoms with Crippen molar-refractivity contribution in [3.8, 4) is 0 Å². The summed E-state index contributed by atoms with van der Waals surface area (Å²) in [5, 5.41) is 3.57. The molecular formula is C16H34N2. The SMILES string of the molecule is CC(C)NCC(C)C(C)N(C)C1CCCCCC1. The van der Waals surface area contributed by atoms with E-state index in [0.29, 0.717) is 12.1 Å². The van der Waals surface area contributed by atoms with Crippen LogP contribution in [-0.4, -0.2) is 36.6 Å². The standard InChI is InChI=1S/C16H34N2/c1-13(2)17-12-14(3)15(4)18(5)16-10-8-6-7-9-11-16/h13-17H,6-12H2,1-5H3. The highest BCUT2D eigenvalue weighted by Crippen LogP contribution is 2.24. The average molecular weight is 254 g/mol. The second-order valence-corrected chi connectivity index (χ2v) is 6.59. The van der Waals surface area contributed by atoms with E-state index in [2.05, 4.69) is 45.0 Å². The molecule has 1 fully saturated rings. The lowest BCUT2D eigenvalue weighted by molar-refractivity contribution is 0.127. The topological polar surface area (TPSA) is 15.3 Å². The molecule has 0 aromatic rings. The molecule has 0 spiro atoms. The maximum Gasteiger partial charge on any atom is 0.0105 e. The van der Waals surface area contributed by atoms with Gasteiger partial charge in [0, 0.05) is 18.1 Å². The van der Waals surface area contributed by atoms with Crippen LogP contribution in [0.5, 0.6) is 0 Å². The number of nitrogens with one attached hydrogen (secondary N) is 1. The van der Waals surface area contributed by atoms with Crippen molar-refractivity contribution in [3.05, 3.63) is 0 Å². The van der Waals surface area contributed by atoms with Crippen molar-refractivity contribution < 1.29 is 0 Å². The second-order valence-electron chi connectivity index (χ2n) is 6.59. The first-order chi connectivity index (χ1) is 8.52. The summed E-state index contributed by atoms with van der Waals surface area (Å²) in [5.74, 6) is 0.723. The molecule has 0 amide bonds. The Morgan fingerprint density at radius 2 is 1.56 bits per heavy atom.